The summed E-state index contributed by atoms with van der Waals surface area (Å²) in [5, 5.41) is 0. The third kappa shape index (κ3) is 2.13. The molecule has 2 aromatic carbocycles. The van der Waals surface area contributed by atoms with E-state index in [9.17, 15) is 8.78 Å². The number of anilines is 1. The van der Waals surface area contributed by atoms with Gasteiger partial charge in [-0.2, -0.15) is 0 Å². The molecule has 1 nitrogen and oxygen atoms in total. The van der Waals surface area contributed by atoms with Crippen LogP contribution in [0, 0.1) is 25.5 Å². The molecule has 0 fully saturated rings. The minimum absolute atomic E-state index is 0.404. The summed E-state index contributed by atoms with van der Waals surface area (Å²) in [4.78, 5) is 0. The summed E-state index contributed by atoms with van der Waals surface area (Å²) in [5.41, 5.74) is 8.71. The van der Waals surface area contributed by atoms with Gasteiger partial charge in [-0.25, -0.2) is 8.78 Å². The van der Waals surface area contributed by atoms with E-state index in [1.54, 1.807) is 25.1 Å². The van der Waals surface area contributed by atoms with Gasteiger partial charge >= 0.3 is 0 Å². The van der Waals surface area contributed by atoms with E-state index in [4.69, 9.17) is 5.73 Å². The van der Waals surface area contributed by atoms with E-state index in [1.165, 1.54) is 6.07 Å². The van der Waals surface area contributed by atoms with Crippen molar-refractivity contribution in [2.24, 2.45) is 0 Å². The lowest BCUT2D eigenvalue weighted by Gasteiger charge is -2.09. The van der Waals surface area contributed by atoms with Gasteiger partial charge < -0.3 is 5.73 Å². The zero-order valence-electron chi connectivity index (χ0n) is 9.72. The Labute approximate surface area is 98.9 Å². The van der Waals surface area contributed by atoms with Crippen molar-refractivity contribution in [3.05, 3.63) is 53.1 Å². The van der Waals surface area contributed by atoms with Gasteiger partial charge in [0, 0.05) is 17.3 Å². The fraction of sp³-hybridized carbons (Fsp3) is 0.143. The highest BCUT2D eigenvalue weighted by Gasteiger charge is 2.11. The second-order valence-electron chi connectivity index (χ2n) is 4.16. The number of aryl methyl sites for hydroxylation is 2. The summed E-state index contributed by atoms with van der Waals surface area (Å²) in [6.07, 6.45) is 0. The lowest BCUT2D eigenvalue weighted by atomic mass is 9.98. The summed E-state index contributed by atoms with van der Waals surface area (Å²) in [5.74, 6) is -1.08. The Balaban J connectivity index is 2.64. The monoisotopic (exact) mass is 233 g/mol. The van der Waals surface area contributed by atoms with Crippen LogP contribution in [-0.4, -0.2) is 0 Å². The van der Waals surface area contributed by atoms with Crippen molar-refractivity contribution in [2.45, 2.75) is 13.8 Å². The normalized spacial score (nSPS) is 10.6. The van der Waals surface area contributed by atoms with Gasteiger partial charge in [-0.1, -0.05) is 6.07 Å². The van der Waals surface area contributed by atoms with Gasteiger partial charge in [-0.05, 0) is 48.7 Å². The van der Waals surface area contributed by atoms with Gasteiger partial charge in [-0.3, -0.25) is 0 Å². The molecule has 0 spiro atoms. The fourth-order valence-electron chi connectivity index (χ4n) is 1.85. The van der Waals surface area contributed by atoms with Crippen molar-refractivity contribution in [2.75, 3.05) is 5.73 Å². The lowest BCUT2D eigenvalue weighted by molar-refractivity contribution is 0.579. The van der Waals surface area contributed by atoms with E-state index in [-0.39, 0.29) is 0 Å². The van der Waals surface area contributed by atoms with Crippen LogP contribution in [0.2, 0.25) is 0 Å². The number of nitrogens with two attached hydrogens (primary N) is 1. The minimum atomic E-state index is -0.555. The molecule has 0 aromatic heterocycles. The van der Waals surface area contributed by atoms with Crippen LogP contribution < -0.4 is 5.73 Å². The van der Waals surface area contributed by atoms with Gasteiger partial charge in [0.25, 0.3) is 0 Å². The maximum absolute atomic E-state index is 13.7. The maximum atomic E-state index is 13.7. The zero-order valence-corrected chi connectivity index (χ0v) is 9.72. The van der Waals surface area contributed by atoms with E-state index in [0.29, 0.717) is 16.8 Å². The largest absolute Gasteiger partial charge is 0.399 e. The summed E-state index contributed by atoms with van der Waals surface area (Å²) in [6.45, 7) is 3.47. The first-order valence-corrected chi connectivity index (χ1v) is 5.31. The Kier molecular flexibility index (Phi) is 2.84. The average Bonchev–Trinajstić information content (AvgIpc) is 2.24. The molecular formula is C14H13F2N. The van der Waals surface area contributed by atoms with Crippen LogP contribution in [0.3, 0.4) is 0 Å². The molecule has 2 rings (SSSR count). The third-order valence-electron chi connectivity index (χ3n) is 2.79. The van der Waals surface area contributed by atoms with E-state index in [0.717, 1.165) is 17.2 Å². The van der Waals surface area contributed by atoms with Gasteiger partial charge in [0.05, 0.1) is 0 Å². The average molecular weight is 233 g/mol. The van der Waals surface area contributed by atoms with Crippen LogP contribution in [0.5, 0.6) is 0 Å². The molecule has 0 aliphatic rings. The highest BCUT2D eigenvalue weighted by molar-refractivity contribution is 5.70. The molecule has 0 unspecified atom stereocenters. The quantitative estimate of drug-likeness (QED) is 0.744. The number of halogens is 2. The molecule has 0 atom stereocenters. The predicted molar refractivity (Wildman–Crippen MR) is 65.7 cm³/mol. The molecule has 0 saturated heterocycles. The summed E-state index contributed by atoms with van der Waals surface area (Å²) in [6, 6.07) is 7.66. The highest BCUT2D eigenvalue weighted by Crippen LogP contribution is 2.29. The molecule has 0 amide bonds. The second kappa shape index (κ2) is 4.17. The first kappa shape index (κ1) is 11.6. The molecular weight excluding hydrogens is 220 g/mol. The van der Waals surface area contributed by atoms with Crippen LogP contribution in [-0.2, 0) is 0 Å². The fourth-order valence-corrected chi connectivity index (χ4v) is 1.85. The first-order chi connectivity index (χ1) is 7.99. The standard InChI is InChI=1S/C14H13F2N/c1-8-5-10(17)3-4-11(8)12-6-9(2)13(15)7-14(12)16/h3-7H,17H2,1-2H3. The van der Waals surface area contributed by atoms with Crippen LogP contribution in [0.15, 0.2) is 30.3 Å². The third-order valence-corrected chi connectivity index (χ3v) is 2.79. The molecule has 88 valence electrons. The Morgan fingerprint density at radius 2 is 1.53 bits per heavy atom. The summed E-state index contributed by atoms with van der Waals surface area (Å²) in [7, 11) is 0. The van der Waals surface area contributed by atoms with Gasteiger partial charge in [0.1, 0.15) is 11.6 Å². The van der Waals surface area contributed by atoms with E-state index >= 15 is 0 Å². The predicted octanol–water partition coefficient (Wildman–Crippen LogP) is 3.83. The Bertz CT molecular complexity index is 577. The second-order valence-corrected chi connectivity index (χ2v) is 4.16. The SMILES string of the molecule is Cc1cc(-c2ccc(N)cc2C)c(F)cc1F. The van der Waals surface area contributed by atoms with Gasteiger partial charge in [0.15, 0.2) is 0 Å². The Morgan fingerprint density at radius 1 is 0.824 bits per heavy atom. The van der Waals surface area contributed by atoms with Crippen molar-refractivity contribution in [3.63, 3.8) is 0 Å². The van der Waals surface area contributed by atoms with Crippen LogP contribution >= 0.6 is 0 Å². The molecule has 3 heteroatoms. The zero-order chi connectivity index (χ0) is 12.6. The number of nitrogen functional groups attached to an aromatic ring is 1. The molecule has 2 N–H and O–H groups in total. The highest BCUT2D eigenvalue weighted by atomic mass is 19.1. The molecule has 17 heavy (non-hydrogen) atoms. The van der Waals surface area contributed by atoms with Gasteiger partial charge in [0.2, 0.25) is 0 Å². The van der Waals surface area contributed by atoms with Gasteiger partial charge in [-0.15, -0.1) is 0 Å². The molecule has 0 saturated carbocycles. The minimum Gasteiger partial charge on any atom is -0.399 e. The smallest absolute Gasteiger partial charge is 0.133 e. The van der Waals surface area contributed by atoms with Crippen molar-refractivity contribution in [3.8, 4) is 11.1 Å². The number of hydrogen-bond donors (Lipinski definition) is 1. The van der Waals surface area contributed by atoms with Crippen LogP contribution in [0.1, 0.15) is 11.1 Å². The Morgan fingerprint density at radius 3 is 2.18 bits per heavy atom. The first-order valence-electron chi connectivity index (χ1n) is 5.31. The molecule has 0 bridgehead atoms. The molecule has 2 aromatic rings. The number of benzene rings is 2. The van der Waals surface area contributed by atoms with Crippen molar-refractivity contribution in [1.82, 2.24) is 0 Å². The molecule has 0 aliphatic heterocycles. The van der Waals surface area contributed by atoms with Crippen LogP contribution in [0.25, 0.3) is 11.1 Å². The molecule has 0 heterocycles. The number of rotatable bonds is 1. The number of hydrogen-bond acceptors (Lipinski definition) is 1. The molecule has 0 radical (unpaired) electrons. The topological polar surface area (TPSA) is 26.0 Å². The molecule has 0 aliphatic carbocycles. The van der Waals surface area contributed by atoms with Crippen LogP contribution in [0.4, 0.5) is 14.5 Å². The van der Waals surface area contributed by atoms with Crippen molar-refractivity contribution in [1.29, 1.82) is 0 Å². The van der Waals surface area contributed by atoms with E-state index in [1.807, 2.05) is 6.92 Å². The van der Waals surface area contributed by atoms with Crippen molar-refractivity contribution >= 4 is 5.69 Å². The summed E-state index contributed by atoms with van der Waals surface area (Å²) >= 11 is 0. The Hall–Kier alpha value is -1.90. The van der Waals surface area contributed by atoms with E-state index < -0.39 is 11.6 Å². The summed E-state index contributed by atoms with van der Waals surface area (Å²) < 4.78 is 26.9. The maximum Gasteiger partial charge on any atom is 0.133 e. The van der Waals surface area contributed by atoms with E-state index in [2.05, 4.69) is 0 Å². The lowest BCUT2D eigenvalue weighted by Crippen LogP contribution is -1.93. The van der Waals surface area contributed by atoms with Crippen molar-refractivity contribution < 1.29 is 8.78 Å².